The number of aliphatic hydroxyl groups excluding tert-OH is 1. The van der Waals surface area contributed by atoms with Crippen molar-refractivity contribution in [2.24, 2.45) is 0 Å². The molecule has 6 nitrogen and oxygen atoms in total. The van der Waals surface area contributed by atoms with E-state index in [1.165, 1.54) is 18.3 Å². The number of hydrogen-bond acceptors (Lipinski definition) is 4. The maximum absolute atomic E-state index is 10.9. The van der Waals surface area contributed by atoms with Crippen LogP contribution in [0.5, 0.6) is 0 Å². The van der Waals surface area contributed by atoms with E-state index in [0.29, 0.717) is 0 Å². The number of rotatable bonds is 4. The zero-order chi connectivity index (χ0) is 20.2. The van der Waals surface area contributed by atoms with Crippen LogP contribution in [0.1, 0.15) is 28.8 Å². The first-order chi connectivity index (χ1) is 14.1. The van der Waals surface area contributed by atoms with Crippen LogP contribution in [0.3, 0.4) is 0 Å². The zero-order valence-corrected chi connectivity index (χ0v) is 15.5. The maximum atomic E-state index is 10.9. The minimum absolute atomic E-state index is 0.0317. The van der Waals surface area contributed by atoms with Crippen LogP contribution in [-0.2, 0) is 4.74 Å². The summed E-state index contributed by atoms with van der Waals surface area (Å²) in [5.74, 6) is -0.191. The van der Waals surface area contributed by atoms with Crippen molar-refractivity contribution in [3.8, 4) is 0 Å². The highest BCUT2D eigenvalue weighted by molar-refractivity contribution is 5.76. The molecule has 0 spiro atoms. The van der Waals surface area contributed by atoms with Gasteiger partial charge in [0.25, 0.3) is 11.9 Å². The number of nitro groups is 1. The predicted octanol–water partition coefficient (Wildman–Crippen LogP) is 4.90. The van der Waals surface area contributed by atoms with E-state index in [2.05, 4.69) is 0 Å². The molecule has 0 fully saturated rings. The van der Waals surface area contributed by atoms with Gasteiger partial charge < -0.3 is 9.84 Å². The van der Waals surface area contributed by atoms with Crippen LogP contribution in [0.4, 0.5) is 5.69 Å². The van der Waals surface area contributed by atoms with Crippen LogP contribution < -0.4 is 0 Å². The molecule has 0 bridgehead atoms. The Hall–Kier alpha value is -3.93. The van der Waals surface area contributed by atoms with Crippen molar-refractivity contribution in [2.45, 2.75) is 12.1 Å². The van der Waals surface area contributed by atoms with Gasteiger partial charge in [-0.3, -0.25) is 10.1 Å². The predicted molar refractivity (Wildman–Crippen MR) is 109 cm³/mol. The maximum Gasteiger partial charge on any atom is 0.344 e. The Kier molecular flexibility index (Phi) is 5.07. The molecule has 3 aromatic carbocycles. The lowest BCUT2D eigenvalue weighted by Crippen LogP contribution is -2.29. The molecule has 3 aromatic rings. The Morgan fingerprint density at radius 1 is 0.897 bits per heavy atom. The highest BCUT2D eigenvalue weighted by Gasteiger charge is 2.39. The van der Waals surface area contributed by atoms with Gasteiger partial charge in [0.15, 0.2) is 12.3 Å². The third kappa shape index (κ3) is 4.01. The Labute approximate surface area is 167 Å². The number of aliphatic hydroxyl groups is 1. The third-order valence-corrected chi connectivity index (χ3v) is 4.79. The average molecular weight is 387 g/mol. The van der Waals surface area contributed by atoms with Crippen molar-refractivity contribution in [3.05, 3.63) is 124 Å². The van der Waals surface area contributed by atoms with E-state index in [0.717, 1.165) is 16.7 Å². The Morgan fingerprint density at radius 2 is 1.48 bits per heavy atom. The fourth-order valence-electron chi connectivity index (χ4n) is 3.45. The number of benzene rings is 3. The quantitative estimate of drug-likeness (QED) is 0.393. The number of ether oxygens (including phenoxy) is 1. The van der Waals surface area contributed by atoms with Crippen molar-refractivity contribution >= 4 is 11.9 Å². The summed E-state index contributed by atoms with van der Waals surface area (Å²) in [6, 6.07) is 25.6. The van der Waals surface area contributed by atoms with Gasteiger partial charge in [0.2, 0.25) is 6.04 Å². The summed E-state index contributed by atoms with van der Waals surface area (Å²) in [7, 11) is 0. The van der Waals surface area contributed by atoms with Crippen molar-refractivity contribution in [1.29, 1.82) is 0 Å². The number of nitrogens with zero attached hydrogens (tertiary/aromatic N) is 2. The van der Waals surface area contributed by atoms with Gasteiger partial charge in [0.1, 0.15) is 0 Å². The lowest BCUT2D eigenvalue weighted by molar-refractivity contribution is -0.534. The van der Waals surface area contributed by atoms with Crippen LogP contribution in [0.25, 0.3) is 0 Å². The van der Waals surface area contributed by atoms with Gasteiger partial charge >= 0.3 is 5.95 Å². The molecule has 144 valence electrons. The molecule has 1 N–H and O–H groups in total. The van der Waals surface area contributed by atoms with Crippen molar-refractivity contribution in [3.63, 3.8) is 0 Å². The molecule has 0 aromatic heterocycles. The summed E-state index contributed by atoms with van der Waals surface area (Å²) in [6.45, 7) is 0. The monoisotopic (exact) mass is 387 g/mol. The van der Waals surface area contributed by atoms with Gasteiger partial charge in [-0.05, 0) is 17.7 Å². The summed E-state index contributed by atoms with van der Waals surface area (Å²) in [5.41, 5.74) is 2.75. The molecular weight excluding hydrogens is 368 g/mol. The van der Waals surface area contributed by atoms with Crippen LogP contribution in [0.2, 0.25) is 0 Å². The average Bonchev–Trinajstić information content (AvgIpc) is 2.75. The highest BCUT2D eigenvalue weighted by Crippen LogP contribution is 2.39. The smallest absolute Gasteiger partial charge is 0.344 e. The Bertz CT molecular complexity index is 1060. The fourth-order valence-corrected chi connectivity index (χ4v) is 3.45. The van der Waals surface area contributed by atoms with Crippen LogP contribution in [-0.4, -0.2) is 20.8 Å². The summed E-state index contributed by atoms with van der Waals surface area (Å²) < 4.78 is 7.71. The zero-order valence-electron chi connectivity index (χ0n) is 15.5. The first-order valence-corrected chi connectivity index (χ1v) is 9.16. The molecule has 0 amide bonds. The lowest BCUT2D eigenvalue weighted by atomic mass is 9.94. The standard InChI is InChI=1S/C23H18N2O4/c26-21-16-24(15-17-11-13-20(14-12-17)25(27)28)22(18-7-3-1-4-8-18)23(29-21)19-9-5-2-6-10-19/h1-16,22-23H/p+1/t22-,23+/m0/s1. The van der Waals surface area contributed by atoms with E-state index in [1.807, 2.05) is 71.5 Å². The van der Waals surface area contributed by atoms with Gasteiger partial charge in [0, 0.05) is 23.3 Å². The number of hydrogen-bond donors (Lipinski definition) is 1. The van der Waals surface area contributed by atoms with Gasteiger partial charge in [0.05, 0.1) is 4.92 Å². The van der Waals surface area contributed by atoms with Crippen molar-refractivity contribution in [1.82, 2.24) is 0 Å². The molecule has 0 aliphatic carbocycles. The molecule has 1 heterocycles. The second-order valence-corrected chi connectivity index (χ2v) is 6.70. The van der Waals surface area contributed by atoms with E-state index < -0.39 is 11.0 Å². The minimum atomic E-state index is -0.433. The molecule has 0 saturated heterocycles. The summed E-state index contributed by atoms with van der Waals surface area (Å²) in [4.78, 5) is 10.5. The molecule has 0 unspecified atom stereocenters. The van der Waals surface area contributed by atoms with E-state index in [1.54, 1.807) is 12.1 Å². The normalized spacial score (nSPS) is 20.0. The fraction of sp³-hybridized carbons (Fsp3) is 0.0870. The van der Waals surface area contributed by atoms with Crippen molar-refractivity contribution in [2.75, 3.05) is 0 Å². The molecule has 6 heteroatoms. The molecule has 1 aliphatic heterocycles. The molecule has 1 aliphatic rings. The van der Waals surface area contributed by atoms with Gasteiger partial charge in [-0.1, -0.05) is 60.7 Å². The third-order valence-electron chi connectivity index (χ3n) is 4.79. The summed E-state index contributed by atoms with van der Waals surface area (Å²) >= 11 is 0. The van der Waals surface area contributed by atoms with Crippen molar-refractivity contribution < 1.29 is 19.3 Å². The summed E-state index contributed by atoms with van der Waals surface area (Å²) in [6.07, 6.45) is 2.94. The Morgan fingerprint density at radius 3 is 2.07 bits per heavy atom. The van der Waals surface area contributed by atoms with Crippen LogP contribution in [0, 0.1) is 10.1 Å². The van der Waals surface area contributed by atoms with Gasteiger partial charge in [-0.25, -0.2) is 0 Å². The molecule has 0 saturated carbocycles. The Balaban J connectivity index is 1.81. The van der Waals surface area contributed by atoms with Crippen LogP contribution >= 0.6 is 0 Å². The van der Waals surface area contributed by atoms with E-state index in [-0.39, 0.29) is 17.7 Å². The molecule has 4 rings (SSSR count). The van der Waals surface area contributed by atoms with Gasteiger partial charge in [-0.15, -0.1) is 0 Å². The molecule has 2 atom stereocenters. The van der Waals surface area contributed by atoms with E-state index in [4.69, 9.17) is 4.74 Å². The molecule has 29 heavy (non-hydrogen) atoms. The van der Waals surface area contributed by atoms with Crippen LogP contribution in [0.15, 0.2) is 97.1 Å². The topological polar surface area (TPSA) is 75.6 Å². The number of nitro benzene ring substituents is 1. The highest BCUT2D eigenvalue weighted by atomic mass is 16.6. The van der Waals surface area contributed by atoms with E-state index >= 15 is 0 Å². The lowest BCUT2D eigenvalue weighted by Gasteiger charge is -2.28. The first-order valence-electron chi connectivity index (χ1n) is 9.16. The second kappa shape index (κ2) is 7.98. The van der Waals surface area contributed by atoms with E-state index in [9.17, 15) is 15.2 Å². The molecule has 0 radical (unpaired) electrons. The SMILES string of the molecule is O=[N+]([O-])c1ccc(C=[N+]2C=C(O)O[C@H](c3ccccc3)[C@@H]2c2ccccc2)cc1. The first kappa shape index (κ1) is 18.4. The largest absolute Gasteiger partial charge is 0.477 e. The second-order valence-electron chi connectivity index (χ2n) is 6.70. The minimum Gasteiger partial charge on any atom is -0.477 e. The van der Waals surface area contributed by atoms with Gasteiger partial charge in [-0.2, -0.15) is 4.58 Å². The summed E-state index contributed by atoms with van der Waals surface area (Å²) in [5, 5.41) is 21.2. The molecular formula is C23H19N2O4+. The number of non-ortho nitro benzene ring substituents is 1.